The SMILES string of the molecule is CC(C)OCCCCN=C(N)NN. The third-order valence-corrected chi connectivity index (χ3v) is 1.43. The third-order valence-electron chi connectivity index (χ3n) is 1.43. The van der Waals surface area contributed by atoms with Gasteiger partial charge in [0, 0.05) is 13.2 Å². The summed E-state index contributed by atoms with van der Waals surface area (Å²) < 4.78 is 5.36. The van der Waals surface area contributed by atoms with Crippen LogP contribution in [-0.2, 0) is 4.74 Å². The van der Waals surface area contributed by atoms with Gasteiger partial charge in [0.05, 0.1) is 6.10 Å². The highest BCUT2D eigenvalue weighted by Gasteiger charge is 1.92. The van der Waals surface area contributed by atoms with Crippen molar-refractivity contribution in [3.05, 3.63) is 0 Å². The molecule has 0 saturated heterocycles. The van der Waals surface area contributed by atoms with Crippen LogP contribution in [0.1, 0.15) is 26.7 Å². The number of unbranched alkanes of at least 4 members (excludes halogenated alkanes) is 1. The van der Waals surface area contributed by atoms with Crippen molar-refractivity contribution < 1.29 is 4.74 Å². The first kappa shape index (κ1) is 12.2. The quantitative estimate of drug-likeness (QED) is 0.180. The van der Waals surface area contributed by atoms with Crippen molar-refractivity contribution in [1.29, 1.82) is 0 Å². The lowest BCUT2D eigenvalue weighted by atomic mass is 10.3. The first-order valence-corrected chi connectivity index (χ1v) is 4.55. The summed E-state index contributed by atoms with van der Waals surface area (Å²) in [5.74, 6) is 5.30. The van der Waals surface area contributed by atoms with E-state index in [0.29, 0.717) is 12.6 Å². The standard InChI is InChI=1S/C8H20N4O/c1-7(2)13-6-4-3-5-11-8(9)12-10/h7H,3-6,10H2,1-2H3,(H3,9,11,12). The predicted molar refractivity (Wildman–Crippen MR) is 54.1 cm³/mol. The Morgan fingerprint density at radius 2 is 2.15 bits per heavy atom. The zero-order valence-electron chi connectivity index (χ0n) is 8.42. The summed E-state index contributed by atoms with van der Waals surface area (Å²) in [5, 5.41) is 0. The van der Waals surface area contributed by atoms with Crippen LogP contribution in [0.5, 0.6) is 0 Å². The van der Waals surface area contributed by atoms with E-state index in [1.165, 1.54) is 0 Å². The van der Waals surface area contributed by atoms with Crippen LogP contribution in [-0.4, -0.2) is 25.2 Å². The fraction of sp³-hybridized carbons (Fsp3) is 0.875. The molecule has 0 fully saturated rings. The number of aliphatic imine (C=N–C) groups is 1. The highest BCUT2D eigenvalue weighted by Crippen LogP contribution is 1.94. The van der Waals surface area contributed by atoms with Crippen LogP contribution in [0, 0.1) is 0 Å². The number of rotatable bonds is 6. The van der Waals surface area contributed by atoms with Crippen LogP contribution in [0.2, 0.25) is 0 Å². The van der Waals surface area contributed by atoms with Crippen molar-refractivity contribution in [2.24, 2.45) is 16.6 Å². The molecule has 5 N–H and O–H groups in total. The van der Waals surface area contributed by atoms with Gasteiger partial charge in [0.1, 0.15) is 0 Å². The van der Waals surface area contributed by atoms with Crippen LogP contribution in [0.3, 0.4) is 0 Å². The normalized spacial score (nSPS) is 12.2. The lowest BCUT2D eigenvalue weighted by Gasteiger charge is -2.05. The molecule has 0 rings (SSSR count). The van der Waals surface area contributed by atoms with Crippen molar-refractivity contribution in [3.63, 3.8) is 0 Å². The Balaban J connectivity index is 3.17. The van der Waals surface area contributed by atoms with E-state index < -0.39 is 0 Å². The minimum absolute atomic E-state index is 0.282. The molecule has 0 radical (unpaired) electrons. The number of nitrogens with zero attached hydrogens (tertiary/aromatic N) is 1. The van der Waals surface area contributed by atoms with Crippen LogP contribution in [0.15, 0.2) is 4.99 Å². The molecule has 13 heavy (non-hydrogen) atoms. The summed E-state index contributed by atoms with van der Waals surface area (Å²) in [4.78, 5) is 3.96. The zero-order chi connectivity index (χ0) is 10.1. The van der Waals surface area contributed by atoms with E-state index >= 15 is 0 Å². The summed E-state index contributed by atoms with van der Waals surface area (Å²) >= 11 is 0. The fourth-order valence-electron chi connectivity index (χ4n) is 0.778. The molecule has 0 bridgehead atoms. The lowest BCUT2D eigenvalue weighted by molar-refractivity contribution is 0.0764. The first-order valence-electron chi connectivity index (χ1n) is 4.55. The second-order valence-corrected chi connectivity index (χ2v) is 3.04. The molecular weight excluding hydrogens is 168 g/mol. The molecule has 0 aromatic carbocycles. The van der Waals surface area contributed by atoms with Gasteiger partial charge in [-0.3, -0.25) is 10.4 Å². The Labute approximate surface area is 79.5 Å². The van der Waals surface area contributed by atoms with E-state index in [1.807, 2.05) is 13.8 Å². The maximum absolute atomic E-state index is 5.36. The second kappa shape index (κ2) is 7.82. The molecule has 0 aliphatic carbocycles. The molecule has 0 heterocycles. The molecular formula is C8H20N4O. The van der Waals surface area contributed by atoms with Crippen LogP contribution >= 0.6 is 0 Å². The summed E-state index contributed by atoms with van der Waals surface area (Å²) in [7, 11) is 0. The topological polar surface area (TPSA) is 85.7 Å². The van der Waals surface area contributed by atoms with Gasteiger partial charge in [-0.05, 0) is 26.7 Å². The summed E-state index contributed by atoms with van der Waals surface area (Å²) in [6, 6.07) is 0. The van der Waals surface area contributed by atoms with Crippen LogP contribution < -0.4 is 17.0 Å². The molecule has 0 spiro atoms. The molecule has 0 amide bonds. The van der Waals surface area contributed by atoms with Gasteiger partial charge >= 0.3 is 0 Å². The van der Waals surface area contributed by atoms with Crippen LogP contribution in [0.25, 0.3) is 0 Å². The van der Waals surface area contributed by atoms with Gasteiger partial charge in [-0.15, -0.1) is 0 Å². The Kier molecular flexibility index (Phi) is 7.33. The highest BCUT2D eigenvalue weighted by atomic mass is 16.5. The number of nitrogens with two attached hydrogens (primary N) is 2. The molecule has 0 aliphatic heterocycles. The Morgan fingerprint density at radius 3 is 2.69 bits per heavy atom. The molecule has 78 valence electrons. The summed E-state index contributed by atoms with van der Waals surface area (Å²) in [6.45, 7) is 5.52. The summed E-state index contributed by atoms with van der Waals surface area (Å²) in [6.07, 6.45) is 2.27. The molecule has 5 nitrogen and oxygen atoms in total. The van der Waals surface area contributed by atoms with E-state index in [0.717, 1.165) is 19.4 Å². The second-order valence-electron chi connectivity index (χ2n) is 3.04. The van der Waals surface area contributed by atoms with E-state index in [1.54, 1.807) is 0 Å². The lowest BCUT2D eigenvalue weighted by Crippen LogP contribution is -2.37. The fourth-order valence-corrected chi connectivity index (χ4v) is 0.778. The number of hydrogen-bond acceptors (Lipinski definition) is 3. The number of nitrogens with one attached hydrogen (secondary N) is 1. The van der Waals surface area contributed by atoms with Crippen molar-refractivity contribution in [2.75, 3.05) is 13.2 Å². The van der Waals surface area contributed by atoms with Crippen molar-refractivity contribution in [3.8, 4) is 0 Å². The minimum Gasteiger partial charge on any atom is -0.379 e. The van der Waals surface area contributed by atoms with E-state index in [4.69, 9.17) is 16.3 Å². The van der Waals surface area contributed by atoms with Crippen molar-refractivity contribution in [2.45, 2.75) is 32.8 Å². The Hall–Kier alpha value is -0.810. The van der Waals surface area contributed by atoms with E-state index in [-0.39, 0.29) is 5.96 Å². The van der Waals surface area contributed by atoms with Crippen LogP contribution in [0.4, 0.5) is 0 Å². The average molecular weight is 188 g/mol. The molecule has 0 atom stereocenters. The monoisotopic (exact) mass is 188 g/mol. The maximum atomic E-state index is 5.36. The predicted octanol–water partition coefficient (Wildman–Crippen LogP) is -0.0304. The summed E-state index contributed by atoms with van der Waals surface area (Å²) in [5.41, 5.74) is 7.59. The van der Waals surface area contributed by atoms with Gasteiger partial charge in [-0.1, -0.05) is 0 Å². The molecule has 0 unspecified atom stereocenters. The number of hydrogen-bond donors (Lipinski definition) is 3. The molecule has 0 aliphatic rings. The smallest absolute Gasteiger partial charge is 0.203 e. The third kappa shape index (κ3) is 9.10. The first-order chi connectivity index (χ1) is 6.16. The molecule has 0 aromatic heterocycles. The van der Waals surface area contributed by atoms with Gasteiger partial charge in [-0.25, -0.2) is 5.84 Å². The molecule has 5 heteroatoms. The minimum atomic E-state index is 0.282. The van der Waals surface area contributed by atoms with Crippen molar-refractivity contribution >= 4 is 5.96 Å². The Morgan fingerprint density at radius 1 is 1.46 bits per heavy atom. The average Bonchev–Trinajstić information content (AvgIpc) is 2.10. The van der Waals surface area contributed by atoms with Gasteiger partial charge in [0.15, 0.2) is 0 Å². The van der Waals surface area contributed by atoms with Gasteiger partial charge in [0.25, 0.3) is 0 Å². The van der Waals surface area contributed by atoms with Gasteiger partial charge in [-0.2, -0.15) is 0 Å². The van der Waals surface area contributed by atoms with Gasteiger partial charge in [0.2, 0.25) is 5.96 Å². The number of hydrazine groups is 1. The van der Waals surface area contributed by atoms with E-state index in [2.05, 4.69) is 10.4 Å². The number of guanidine groups is 1. The zero-order valence-corrected chi connectivity index (χ0v) is 8.42. The molecule has 0 saturated carbocycles. The van der Waals surface area contributed by atoms with Gasteiger partial charge < -0.3 is 10.5 Å². The van der Waals surface area contributed by atoms with E-state index in [9.17, 15) is 0 Å². The highest BCUT2D eigenvalue weighted by molar-refractivity contribution is 5.76. The Bertz CT molecular complexity index is 147. The number of ether oxygens (including phenoxy) is 1. The molecule has 0 aromatic rings. The largest absolute Gasteiger partial charge is 0.379 e. The maximum Gasteiger partial charge on any atom is 0.203 e. The van der Waals surface area contributed by atoms with Crippen molar-refractivity contribution in [1.82, 2.24) is 5.43 Å².